The van der Waals surface area contributed by atoms with E-state index >= 15 is 0 Å². The van der Waals surface area contributed by atoms with Crippen LogP contribution in [-0.4, -0.2) is 0 Å². The largest absolute Gasteiger partial charge is 0.0764 e. The molecular weight excluding hydrogens is 384 g/mol. The number of hydrogen-bond acceptors (Lipinski definition) is 0. The van der Waals surface area contributed by atoms with Crippen molar-refractivity contribution < 1.29 is 1.43 Å². The molecule has 170 valence electrons. The molecule has 3 aliphatic carbocycles. The number of hydrogen-bond donors (Lipinski definition) is 0. The molecule has 0 aliphatic heterocycles. The van der Waals surface area contributed by atoms with Crippen LogP contribution in [0.4, 0.5) is 0 Å². The Balaban J connectivity index is 0.000000994. The fraction of sp³-hybridized carbons (Fsp3) is 0.438. The number of fused-ring (bicyclic) bond motifs is 1. The summed E-state index contributed by atoms with van der Waals surface area (Å²) in [6.45, 7) is 13.4. The molecule has 0 N–H and O–H groups in total. The van der Waals surface area contributed by atoms with E-state index < -0.39 is 0 Å². The van der Waals surface area contributed by atoms with E-state index in [1.54, 1.807) is 16.7 Å². The molecule has 2 aromatic carbocycles. The Morgan fingerprint density at radius 2 is 1.59 bits per heavy atom. The Morgan fingerprint density at radius 3 is 2.31 bits per heavy atom. The molecule has 0 radical (unpaired) electrons. The SMILES string of the molecule is CC.CC1=CC2(CCC1)CC(C)(C)CC1=C2C=C(c2cccc(-c3ccc(C)cc3)c2)C1.[HH]. The summed E-state index contributed by atoms with van der Waals surface area (Å²) in [5, 5.41) is 0. The van der Waals surface area contributed by atoms with Gasteiger partial charge in [0, 0.05) is 6.84 Å². The lowest BCUT2D eigenvalue weighted by atomic mass is 9.58. The molecule has 3 aliphatic rings. The number of benzene rings is 2. The molecule has 1 spiro atoms. The van der Waals surface area contributed by atoms with Crippen molar-refractivity contribution in [2.24, 2.45) is 10.8 Å². The molecule has 5 rings (SSSR count). The van der Waals surface area contributed by atoms with Gasteiger partial charge in [-0.05, 0) is 91.7 Å². The van der Waals surface area contributed by atoms with Gasteiger partial charge in [-0.25, -0.2) is 0 Å². The smallest absolute Gasteiger partial charge is 0.0139 e. The van der Waals surface area contributed by atoms with Crippen LogP contribution in [0.3, 0.4) is 0 Å². The van der Waals surface area contributed by atoms with Gasteiger partial charge >= 0.3 is 0 Å². The maximum Gasteiger partial charge on any atom is 0.0139 e. The van der Waals surface area contributed by atoms with Crippen molar-refractivity contribution in [3.05, 3.63) is 88.5 Å². The van der Waals surface area contributed by atoms with Crippen LogP contribution < -0.4 is 0 Å². The van der Waals surface area contributed by atoms with Crippen molar-refractivity contribution in [1.29, 1.82) is 0 Å². The van der Waals surface area contributed by atoms with E-state index in [0.717, 1.165) is 6.42 Å². The standard InChI is InChI=1S/C30H34.C2H6.H2/c1-21-10-12-23(13-11-21)24-8-5-9-25(15-24)26-16-27-19-29(3,4)20-30(28(27)17-26)14-6-7-22(2)18-30;1-2;/h5,8-13,15,17-18H,6-7,14,16,19-20H2,1-4H3;1-2H3;1H. The summed E-state index contributed by atoms with van der Waals surface area (Å²) in [6.07, 6.45) is 12.8. The maximum atomic E-state index is 2.65. The van der Waals surface area contributed by atoms with Crippen LogP contribution in [0.25, 0.3) is 16.7 Å². The van der Waals surface area contributed by atoms with Crippen LogP contribution in [0, 0.1) is 17.8 Å². The first-order chi connectivity index (χ1) is 15.3. The van der Waals surface area contributed by atoms with Crippen LogP contribution in [0.15, 0.2) is 77.4 Å². The predicted molar refractivity (Wildman–Crippen MR) is 143 cm³/mol. The second-order valence-electron chi connectivity index (χ2n) is 10.8. The predicted octanol–water partition coefficient (Wildman–Crippen LogP) is 9.95. The molecule has 0 saturated heterocycles. The van der Waals surface area contributed by atoms with Gasteiger partial charge in [-0.3, -0.25) is 0 Å². The fourth-order valence-corrected chi connectivity index (χ4v) is 6.38. The Morgan fingerprint density at radius 1 is 0.875 bits per heavy atom. The van der Waals surface area contributed by atoms with E-state index in [1.807, 2.05) is 13.8 Å². The zero-order valence-electron chi connectivity index (χ0n) is 21.0. The van der Waals surface area contributed by atoms with Gasteiger partial charge < -0.3 is 0 Å². The van der Waals surface area contributed by atoms with E-state index in [9.17, 15) is 0 Å². The highest BCUT2D eigenvalue weighted by Crippen LogP contribution is 2.59. The number of aryl methyl sites for hydroxylation is 1. The molecular formula is C32H42. The van der Waals surface area contributed by atoms with Gasteiger partial charge in [-0.2, -0.15) is 0 Å². The third kappa shape index (κ3) is 4.42. The van der Waals surface area contributed by atoms with Gasteiger partial charge in [-0.1, -0.05) is 99.0 Å². The molecule has 0 fully saturated rings. The van der Waals surface area contributed by atoms with Crippen LogP contribution in [0.5, 0.6) is 0 Å². The Kier molecular flexibility index (Phi) is 6.35. The van der Waals surface area contributed by atoms with Crippen molar-refractivity contribution in [3.8, 4) is 11.1 Å². The minimum absolute atomic E-state index is 0. The van der Waals surface area contributed by atoms with Crippen molar-refractivity contribution >= 4 is 5.57 Å². The molecule has 32 heavy (non-hydrogen) atoms. The van der Waals surface area contributed by atoms with E-state index in [2.05, 4.69) is 88.4 Å². The Hall–Kier alpha value is -2.34. The second kappa shape index (κ2) is 8.89. The Bertz CT molecular complexity index is 1080. The van der Waals surface area contributed by atoms with Crippen LogP contribution >= 0.6 is 0 Å². The molecule has 0 heteroatoms. The number of allylic oxidation sites excluding steroid dienone is 6. The van der Waals surface area contributed by atoms with Crippen LogP contribution in [0.1, 0.15) is 85.7 Å². The minimum atomic E-state index is 0. The lowest BCUT2D eigenvalue weighted by Crippen LogP contribution is -2.34. The molecule has 2 aromatic rings. The molecule has 0 bridgehead atoms. The van der Waals surface area contributed by atoms with Gasteiger partial charge in [0.15, 0.2) is 0 Å². The molecule has 0 aromatic heterocycles. The third-order valence-electron chi connectivity index (χ3n) is 7.46. The lowest BCUT2D eigenvalue weighted by molar-refractivity contribution is 0.195. The van der Waals surface area contributed by atoms with Gasteiger partial charge in [-0.15, -0.1) is 0 Å². The third-order valence-corrected chi connectivity index (χ3v) is 7.46. The minimum Gasteiger partial charge on any atom is -0.0764 e. The van der Waals surface area contributed by atoms with Crippen molar-refractivity contribution in [1.82, 2.24) is 0 Å². The summed E-state index contributed by atoms with van der Waals surface area (Å²) < 4.78 is 0. The average molecular weight is 427 g/mol. The maximum absolute atomic E-state index is 2.65. The second-order valence-corrected chi connectivity index (χ2v) is 10.8. The Labute approximate surface area is 197 Å². The fourth-order valence-electron chi connectivity index (χ4n) is 6.38. The quantitative estimate of drug-likeness (QED) is 0.419. The summed E-state index contributed by atoms with van der Waals surface area (Å²) in [4.78, 5) is 0. The van der Waals surface area contributed by atoms with Crippen LogP contribution in [-0.2, 0) is 0 Å². The molecule has 0 amide bonds. The first kappa shape index (κ1) is 22.8. The highest BCUT2D eigenvalue weighted by atomic mass is 14.5. The van der Waals surface area contributed by atoms with E-state index in [4.69, 9.17) is 0 Å². The average Bonchev–Trinajstić information content (AvgIpc) is 3.19. The van der Waals surface area contributed by atoms with Gasteiger partial charge in [0.25, 0.3) is 0 Å². The van der Waals surface area contributed by atoms with Crippen molar-refractivity contribution in [3.63, 3.8) is 0 Å². The zero-order valence-corrected chi connectivity index (χ0v) is 21.0. The highest BCUT2D eigenvalue weighted by Gasteiger charge is 2.45. The number of rotatable bonds is 2. The highest BCUT2D eigenvalue weighted by molar-refractivity contribution is 5.79. The van der Waals surface area contributed by atoms with E-state index in [0.29, 0.717) is 5.41 Å². The molecule has 1 atom stereocenters. The topological polar surface area (TPSA) is 0 Å². The summed E-state index contributed by atoms with van der Waals surface area (Å²) in [6, 6.07) is 18.1. The normalized spacial score (nSPS) is 23.8. The van der Waals surface area contributed by atoms with E-state index in [1.165, 1.54) is 59.9 Å². The summed E-state index contributed by atoms with van der Waals surface area (Å²) in [5.74, 6) is 0. The first-order valence-electron chi connectivity index (χ1n) is 12.6. The first-order valence-corrected chi connectivity index (χ1v) is 12.6. The monoisotopic (exact) mass is 426 g/mol. The molecule has 0 heterocycles. The van der Waals surface area contributed by atoms with Gasteiger partial charge in [0.05, 0.1) is 0 Å². The summed E-state index contributed by atoms with van der Waals surface area (Å²) >= 11 is 0. The summed E-state index contributed by atoms with van der Waals surface area (Å²) in [7, 11) is 0. The zero-order chi connectivity index (χ0) is 22.9. The van der Waals surface area contributed by atoms with Crippen molar-refractivity contribution in [2.45, 2.75) is 80.1 Å². The van der Waals surface area contributed by atoms with E-state index in [-0.39, 0.29) is 6.84 Å². The van der Waals surface area contributed by atoms with Crippen molar-refractivity contribution in [2.75, 3.05) is 0 Å². The molecule has 1 unspecified atom stereocenters. The van der Waals surface area contributed by atoms with Gasteiger partial charge in [0.1, 0.15) is 0 Å². The molecule has 0 nitrogen and oxygen atoms in total. The summed E-state index contributed by atoms with van der Waals surface area (Å²) in [5.41, 5.74) is 12.5. The van der Waals surface area contributed by atoms with Gasteiger partial charge in [0.2, 0.25) is 0 Å². The van der Waals surface area contributed by atoms with Crippen LogP contribution in [0.2, 0.25) is 0 Å². The molecule has 0 saturated carbocycles. The lowest BCUT2D eigenvalue weighted by Gasteiger charge is -2.46.